The van der Waals surface area contributed by atoms with Crippen LogP contribution in [0, 0.1) is 5.82 Å². The Morgan fingerprint density at radius 2 is 2.07 bits per heavy atom. The summed E-state index contributed by atoms with van der Waals surface area (Å²) in [7, 11) is -3.86. The molecule has 6 heteroatoms. The highest BCUT2D eigenvalue weighted by molar-refractivity contribution is 7.89. The number of rotatable bonds is 3. The number of sulfonamides is 1. The molecule has 14 heavy (non-hydrogen) atoms. The van der Waals surface area contributed by atoms with Crippen LogP contribution in [0.3, 0.4) is 0 Å². The highest BCUT2D eigenvalue weighted by Gasteiger charge is 2.13. The van der Waals surface area contributed by atoms with E-state index in [0.29, 0.717) is 0 Å². The first-order valence-electron chi connectivity index (χ1n) is 3.68. The fourth-order valence-corrected chi connectivity index (χ4v) is 1.46. The fourth-order valence-electron chi connectivity index (χ4n) is 0.928. The fraction of sp³-hybridized carbons (Fsp3) is 0.125. The van der Waals surface area contributed by atoms with Gasteiger partial charge in [-0.05, 0) is 12.1 Å². The van der Waals surface area contributed by atoms with E-state index in [-0.39, 0.29) is 5.56 Å². The maximum absolute atomic E-state index is 12.6. The molecule has 0 atom stereocenters. The first-order valence-corrected chi connectivity index (χ1v) is 5.39. The molecule has 0 saturated heterocycles. The second kappa shape index (κ2) is 3.85. The summed E-state index contributed by atoms with van der Waals surface area (Å²) in [5, 5.41) is 4.67. The average molecular weight is 217 g/mol. The Bertz CT molecular complexity index is 455. The van der Waals surface area contributed by atoms with E-state index in [9.17, 15) is 17.6 Å². The van der Waals surface area contributed by atoms with Crippen LogP contribution >= 0.6 is 0 Å². The summed E-state index contributed by atoms with van der Waals surface area (Å²) >= 11 is 0. The Morgan fingerprint density at radius 1 is 1.43 bits per heavy atom. The van der Waals surface area contributed by atoms with Crippen molar-refractivity contribution in [2.75, 3.05) is 5.75 Å². The molecule has 0 aromatic heterocycles. The summed E-state index contributed by atoms with van der Waals surface area (Å²) < 4.78 is 33.8. The van der Waals surface area contributed by atoms with Crippen LogP contribution in [-0.2, 0) is 10.0 Å². The lowest BCUT2D eigenvalue weighted by Gasteiger charge is -1.98. The predicted octanol–water partition coefficient (Wildman–Crippen LogP) is 0.297. The highest BCUT2D eigenvalue weighted by Crippen LogP contribution is 2.04. The zero-order chi connectivity index (χ0) is 10.8. The third-order valence-corrected chi connectivity index (χ3v) is 2.14. The molecule has 0 unspecified atom stereocenters. The van der Waals surface area contributed by atoms with Crippen molar-refractivity contribution in [3.05, 3.63) is 35.6 Å². The van der Waals surface area contributed by atoms with E-state index in [1.165, 1.54) is 12.1 Å². The van der Waals surface area contributed by atoms with Gasteiger partial charge in [-0.15, -0.1) is 0 Å². The normalized spacial score (nSPS) is 11.3. The van der Waals surface area contributed by atoms with Gasteiger partial charge >= 0.3 is 0 Å². The summed E-state index contributed by atoms with van der Waals surface area (Å²) in [5.74, 6) is -2.12. The molecule has 0 aliphatic heterocycles. The van der Waals surface area contributed by atoms with E-state index in [2.05, 4.69) is 5.14 Å². The van der Waals surface area contributed by atoms with E-state index in [0.717, 1.165) is 12.1 Å². The zero-order valence-corrected chi connectivity index (χ0v) is 7.92. The molecule has 0 saturated carbocycles. The number of carbonyl (C=O) groups excluding carboxylic acids is 1. The molecule has 0 aliphatic carbocycles. The molecule has 4 nitrogen and oxygen atoms in total. The Balaban J connectivity index is 2.91. The van der Waals surface area contributed by atoms with Gasteiger partial charge in [-0.1, -0.05) is 12.1 Å². The molecular formula is C8H8FNO3S. The van der Waals surface area contributed by atoms with Gasteiger partial charge < -0.3 is 0 Å². The summed E-state index contributed by atoms with van der Waals surface area (Å²) in [6.07, 6.45) is 0. The number of ketones is 1. The zero-order valence-electron chi connectivity index (χ0n) is 7.10. The van der Waals surface area contributed by atoms with Gasteiger partial charge in [0.05, 0.1) is 0 Å². The number of carbonyl (C=O) groups is 1. The molecule has 1 aromatic carbocycles. The maximum atomic E-state index is 12.6. The third kappa shape index (κ3) is 3.23. The molecule has 0 fully saturated rings. The lowest BCUT2D eigenvalue weighted by Crippen LogP contribution is -2.23. The van der Waals surface area contributed by atoms with Crippen molar-refractivity contribution < 1.29 is 17.6 Å². The molecule has 0 heterocycles. The first-order chi connectivity index (χ1) is 6.38. The van der Waals surface area contributed by atoms with E-state index in [1.807, 2.05) is 0 Å². The summed E-state index contributed by atoms with van der Waals surface area (Å²) in [6, 6.07) is 4.78. The largest absolute Gasteiger partial charge is 0.293 e. The maximum Gasteiger partial charge on any atom is 0.216 e. The van der Waals surface area contributed by atoms with Gasteiger partial charge in [0.15, 0.2) is 5.78 Å². The third-order valence-electron chi connectivity index (χ3n) is 1.48. The van der Waals surface area contributed by atoms with Gasteiger partial charge in [0.25, 0.3) is 0 Å². The minimum absolute atomic E-state index is 0.000903. The van der Waals surface area contributed by atoms with E-state index in [4.69, 9.17) is 0 Å². The second-order valence-corrected chi connectivity index (χ2v) is 4.36. The Labute approximate surface area is 80.6 Å². The molecule has 0 bridgehead atoms. The number of hydrogen-bond acceptors (Lipinski definition) is 3. The number of benzene rings is 1. The van der Waals surface area contributed by atoms with E-state index in [1.54, 1.807) is 0 Å². The molecule has 0 spiro atoms. The van der Waals surface area contributed by atoms with Crippen molar-refractivity contribution in [1.82, 2.24) is 0 Å². The quantitative estimate of drug-likeness (QED) is 0.739. The first kappa shape index (κ1) is 10.8. The van der Waals surface area contributed by atoms with Gasteiger partial charge in [0.1, 0.15) is 11.6 Å². The van der Waals surface area contributed by atoms with E-state index >= 15 is 0 Å². The average Bonchev–Trinajstić information content (AvgIpc) is 2.01. The van der Waals surface area contributed by atoms with Crippen LogP contribution in [0.4, 0.5) is 4.39 Å². The van der Waals surface area contributed by atoms with E-state index < -0.39 is 27.4 Å². The lowest BCUT2D eigenvalue weighted by molar-refractivity contribution is 0.102. The summed E-state index contributed by atoms with van der Waals surface area (Å²) in [4.78, 5) is 11.2. The topological polar surface area (TPSA) is 77.2 Å². The van der Waals surface area contributed by atoms with Crippen LogP contribution in [0.2, 0.25) is 0 Å². The molecule has 0 radical (unpaired) electrons. The van der Waals surface area contributed by atoms with Crippen LogP contribution in [-0.4, -0.2) is 20.0 Å². The minimum atomic E-state index is -3.86. The molecule has 0 aliphatic rings. The summed E-state index contributed by atoms with van der Waals surface area (Å²) in [6.45, 7) is 0. The molecule has 1 rings (SSSR count). The smallest absolute Gasteiger partial charge is 0.216 e. The molecule has 0 amide bonds. The van der Waals surface area contributed by atoms with Crippen molar-refractivity contribution in [2.24, 2.45) is 5.14 Å². The lowest BCUT2D eigenvalue weighted by atomic mass is 10.1. The van der Waals surface area contributed by atoms with Crippen molar-refractivity contribution in [2.45, 2.75) is 0 Å². The van der Waals surface area contributed by atoms with Crippen LogP contribution in [0.25, 0.3) is 0 Å². The minimum Gasteiger partial charge on any atom is -0.293 e. The number of halogens is 1. The van der Waals surface area contributed by atoms with Crippen molar-refractivity contribution in [3.8, 4) is 0 Å². The van der Waals surface area contributed by atoms with Crippen LogP contribution in [0.1, 0.15) is 10.4 Å². The monoisotopic (exact) mass is 217 g/mol. The number of Topliss-reactive ketones (excluding diaryl/α,β-unsaturated/α-hetero) is 1. The molecule has 76 valence electrons. The van der Waals surface area contributed by atoms with Gasteiger partial charge in [0, 0.05) is 5.56 Å². The predicted molar refractivity (Wildman–Crippen MR) is 48.7 cm³/mol. The van der Waals surface area contributed by atoms with Gasteiger partial charge in [-0.3, -0.25) is 4.79 Å². The second-order valence-electron chi connectivity index (χ2n) is 2.74. The highest BCUT2D eigenvalue weighted by atomic mass is 32.2. The number of primary sulfonamides is 1. The van der Waals surface area contributed by atoms with Crippen molar-refractivity contribution in [1.29, 1.82) is 0 Å². The Hall–Kier alpha value is -1.27. The van der Waals surface area contributed by atoms with Gasteiger partial charge in [-0.2, -0.15) is 0 Å². The van der Waals surface area contributed by atoms with Gasteiger partial charge in [-0.25, -0.2) is 17.9 Å². The number of hydrogen-bond donors (Lipinski definition) is 1. The standard InChI is InChI=1S/C8H8FNO3S/c9-7-3-1-2-6(4-7)8(11)5-14(10,12)13/h1-4H,5H2,(H2,10,12,13). The Morgan fingerprint density at radius 3 is 2.57 bits per heavy atom. The molecule has 1 aromatic rings. The Kier molecular flexibility index (Phi) is 2.97. The van der Waals surface area contributed by atoms with Gasteiger partial charge in [0.2, 0.25) is 10.0 Å². The molecular weight excluding hydrogens is 209 g/mol. The van der Waals surface area contributed by atoms with Crippen LogP contribution < -0.4 is 5.14 Å². The van der Waals surface area contributed by atoms with Crippen molar-refractivity contribution >= 4 is 15.8 Å². The van der Waals surface area contributed by atoms with Crippen LogP contribution in [0.5, 0.6) is 0 Å². The van der Waals surface area contributed by atoms with Crippen LogP contribution in [0.15, 0.2) is 24.3 Å². The van der Waals surface area contributed by atoms with Crippen molar-refractivity contribution in [3.63, 3.8) is 0 Å². The SMILES string of the molecule is NS(=O)(=O)CC(=O)c1cccc(F)c1. The molecule has 2 N–H and O–H groups in total. The number of nitrogens with two attached hydrogens (primary N) is 1. The summed E-state index contributed by atoms with van der Waals surface area (Å²) in [5.41, 5.74) is -0.000903.